The van der Waals surface area contributed by atoms with Crippen molar-refractivity contribution < 1.29 is 19.2 Å². The molecule has 3 aromatic rings. The van der Waals surface area contributed by atoms with Crippen LogP contribution in [0.1, 0.15) is 63.5 Å². The fraction of sp³-hybridized carbons (Fsp3) is 0.517. The molecule has 202 valence electrons. The molecule has 0 aliphatic carbocycles. The molecule has 2 aromatic heterocycles. The van der Waals surface area contributed by atoms with Crippen molar-refractivity contribution in [3.63, 3.8) is 0 Å². The fourth-order valence-corrected chi connectivity index (χ4v) is 6.00. The Morgan fingerprint density at radius 3 is 2.45 bits per heavy atom. The average molecular weight is 520 g/mol. The molecule has 1 amide bonds. The molecule has 0 radical (unpaired) electrons. The largest absolute Gasteiger partial charge is 0.491 e. The van der Waals surface area contributed by atoms with Crippen LogP contribution in [0.15, 0.2) is 47.2 Å². The lowest BCUT2D eigenvalue weighted by atomic mass is 9.62. The third-order valence-corrected chi connectivity index (χ3v) is 7.90. The zero-order valence-corrected chi connectivity index (χ0v) is 22.8. The van der Waals surface area contributed by atoms with Gasteiger partial charge in [-0.05, 0) is 57.5 Å². The number of hydrogen-bond donors (Lipinski definition) is 1. The van der Waals surface area contributed by atoms with Gasteiger partial charge in [0.25, 0.3) is 0 Å². The van der Waals surface area contributed by atoms with Crippen LogP contribution >= 0.6 is 0 Å². The van der Waals surface area contributed by atoms with E-state index in [2.05, 4.69) is 34.0 Å². The van der Waals surface area contributed by atoms with Gasteiger partial charge in [-0.2, -0.15) is 4.98 Å². The molecule has 2 saturated heterocycles. The number of aromatic nitrogens is 3. The Balaban J connectivity index is 1.45. The number of aliphatic hydroxyl groups is 1. The van der Waals surface area contributed by atoms with Gasteiger partial charge in [0.1, 0.15) is 11.4 Å². The van der Waals surface area contributed by atoms with Crippen molar-refractivity contribution in [3.05, 3.63) is 59.7 Å². The first-order chi connectivity index (χ1) is 18.1. The summed E-state index contributed by atoms with van der Waals surface area (Å²) in [5.41, 5.74) is 0.451. The van der Waals surface area contributed by atoms with Gasteiger partial charge in [-0.1, -0.05) is 24.2 Å². The summed E-state index contributed by atoms with van der Waals surface area (Å²) >= 11 is 0. The van der Waals surface area contributed by atoms with Crippen molar-refractivity contribution >= 4 is 5.91 Å². The Hall–Kier alpha value is -3.30. The van der Waals surface area contributed by atoms with Gasteiger partial charge in [0, 0.05) is 68.0 Å². The molecule has 2 aliphatic rings. The summed E-state index contributed by atoms with van der Waals surface area (Å²) in [6.45, 7) is 10.6. The minimum absolute atomic E-state index is 0.0694. The molecular weight excluding hydrogens is 482 g/mol. The van der Waals surface area contributed by atoms with Gasteiger partial charge in [-0.25, -0.2) is 0 Å². The van der Waals surface area contributed by atoms with E-state index in [0.717, 1.165) is 37.2 Å². The van der Waals surface area contributed by atoms with Crippen molar-refractivity contribution in [2.24, 2.45) is 5.41 Å². The molecule has 4 heterocycles. The van der Waals surface area contributed by atoms with Gasteiger partial charge in [-0.15, -0.1) is 0 Å². The van der Waals surface area contributed by atoms with E-state index in [1.54, 1.807) is 19.3 Å². The van der Waals surface area contributed by atoms with Crippen LogP contribution in [0.5, 0.6) is 5.75 Å². The highest BCUT2D eigenvalue weighted by molar-refractivity contribution is 5.73. The van der Waals surface area contributed by atoms with Crippen LogP contribution in [0.25, 0.3) is 11.4 Å². The van der Waals surface area contributed by atoms with Crippen molar-refractivity contribution in [1.82, 2.24) is 24.9 Å². The number of carbonyl (C=O) groups excluding carboxylic acids is 1. The molecule has 0 saturated carbocycles. The number of nitrogens with zero attached hydrogens (tertiary/aromatic N) is 5. The molecule has 2 aliphatic heterocycles. The molecule has 1 atom stereocenters. The molecular formula is C29H37N5O4. The van der Waals surface area contributed by atoms with Crippen LogP contribution in [-0.2, 0) is 10.4 Å². The van der Waals surface area contributed by atoms with Crippen LogP contribution in [0.2, 0.25) is 0 Å². The third kappa shape index (κ3) is 4.80. The number of ether oxygens (including phenoxy) is 1. The van der Waals surface area contributed by atoms with Crippen molar-refractivity contribution in [1.29, 1.82) is 0 Å². The molecule has 38 heavy (non-hydrogen) atoms. The van der Waals surface area contributed by atoms with Crippen LogP contribution in [0, 0.1) is 5.41 Å². The Morgan fingerprint density at radius 2 is 1.84 bits per heavy atom. The lowest BCUT2D eigenvalue weighted by Crippen LogP contribution is -2.63. The molecule has 1 N–H and O–H groups in total. The second-order valence-electron chi connectivity index (χ2n) is 11.3. The standard InChI is InChI=1S/C29H37N5O4/c1-19(2)37-25-8-6-23(7-9-25)29(36,28(4)17-33(5)18-28)24-14-22(15-30-16-24)26-31-27(38-32-26)21-10-12-34(13-11-21)20(3)35/h6-9,14-16,19,21,36H,10-13,17-18H2,1-5H3. The summed E-state index contributed by atoms with van der Waals surface area (Å²) in [7, 11) is 2.05. The molecule has 2 fully saturated rings. The predicted molar refractivity (Wildman–Crippen MR) is 143 cm³/mol. The molecule has 0 bridgehead atoms. The van der Waals surface area contributed by atoms with Crippen LogP contribution in [-0.4, -0.2) is 75.3 Å². The van der Waals surface area contributed by atoms with Crippen molar-refractivity contribution in [3.8, 4) is 17.1 Å². The number of rotatable bonds is 7. The SMILES string of the molecule is CC(=O)N1CCC(c2nc(-c3cncc(C(O)(c4ccc(OC(C)C)cc4)C4(C)CN(C)C4)c3)no2)CC1. The summed E-state index contributed by atoms with van der Waals surface area (Å²) in [5, 5.41) is 16.7. The minimum atomic E-state index is -1.29. The number of piperidine rings is 1. The second-order valence-corrected chi connectivity index (χ2v) is 11.3. The highest BCUT2D eigenvalue weighted by Crippen LogP contribution is 2.50. The first-order valence-corrected chi connectivity index (χ1v) is 13.3. The van der Waals surface area contributed by atoms with E-state index in [1.165, 1.54) is 0 Å². The molecule has 0 spiro atoms. The van der Waals surface area contributed by atoms with Crippen molar-refractivity contribution in [2.45, 2.75) is 58.2 Å². The third-order valence-electron chi connectivity index (χ3n) is 7.90. The normalized spacial score (nSPS) is 19.7. The maximum absolute atomic E-state index is 12.5. The molecule has 9 nitrogen and oxygen atoms in total. The first-order valence-electron chi connectivity index (χ1n) is 13.3. The van der Waals surface area contributed by atoms with E-state index < -0.39 is 11.0 Å². The maximum Gasteiger partial charge on any atom is 0.230 e. The van der Waals surface area contributed by atoms with E-state index in [0.29, 0.717) is 35.9 Å². The Kier molecular flexibility index (Phi) is 7.00. The number of hydrogen-bond acceptors (Lipinski definition) is 8. The number of amides is 1. The molecule has 9 heteroatoms. The van der Waals surface area contributed by atoms with Crippen LogP contribution in [0.3, 0.4) is 0 Å². The Morgan fingerprint density at radius 1 is 1.16 bits per heavy atom. The Labute approximate surface area is 223 Å². The first kappa shape index (κ1) is 26.3. The van der Waals surface area contributed by atoms with Crippen LogP contribution in [0.4, 0.5) is 0 Å². The highest BCUT2D eigenvalue weighted by atomic mass is 16.5. The Bertz CT molecular complexity index is 1280. The maximum atomic E-state index is 12.5. The zero-order valence-electron chi connectivity index (χ0n) is 22.8. The van der Waals surface area contributed by atoms with E-state index >= 15 is 0 Å². The van der Waals surface area contributed by atoms with E-state index in [9.17, 15) is 9.90 Å². The smallest absolute Gasteiger partial charge is 0.230 e. The number of carbonyl (C=O) groups is 1. The van der Waals surface area contributed by atoms with E-state index in [-0.39, 0.29) is 17.9 Å². The zero-order chi connectivity index (χ0) is 27.1. The molecule has 5 rings (SSSR count). The van der Waals surface area contributed by atoms with Gasteiger partial charge in [0.2, 0.25) is 17.6 Å². The van der Waals surface area contributed by atoms with E-state index in [4.69, 9.17) is 9.26 Å². The summed E-state index contributed by atoms with van der Waals surface area (Å²) in [4.78, 5) is 24.9. The average Bonchev–Trinajstić information content (AvgIpc) is 3.38. The quantitative estimate of drug-likeness (QED) is 0.502. The summed E-state index contributed by atoms with van der Waals surface area (Å²) in [6, 6.07) is 9.61. The van der Waals surface area contributed by atoms with Gasteiger partial charge < -0.3 is 24.2 Å². The van der Waals surface area contributed by atoms with Crippen LogP contribution < -0.4 is 4.74 Å². The highest BCUT2D eigenvalue weighted by Gasteiger charge is 2.55. The second kappa shape index (κ2) is 10.1. The molecule has 1 unspecified atom stereocenters. The topological polar surface area (TPSA) is 105 Å². The van der Waals surface area contributed by atoms with E-state index in [1.807, 2.05) is 49.1 Å². The van der Waals surface area contributed by atoms with Crippen molar-refractivity contribution in [2.75, 3.05) is 33.2 Å². The monoisotopic (exact) mass is 519 g/mol. The lowest BCUT2D eigenvalue weighted by molar-refractivity contribution is -0.129. The van der Waals surface area contributed by atoms with Gasteiger partial charge >= 0.3 is 0 Å². The summed E-state index contributed by atoms with van der Waals surface area (Å²) < 4.78 is 11.5. The van der Waals surface area contributed by atoms with Gasteiger partial charge in [-0.3, -0.25) is 9.78 Å². The summed E-state index contributed by atoms with van der Waals surface area (Å²) in [6.07, 6.45) is 5.08. The van der Waals surface area contributed by atoms with Gasteiger partial charge in [0.05, 0.1) is 6.10 Å². The minimum Gasteiger partial charge on any atom is -0.491 e. The number of benzene rings is 1. The number of pyridine rings is 1. The predicted octanol–water partition coefficient (Wildman–Crippen LogP) is 3.83. The fourth-order valence-electron chi connectivity index (χ4n) is 6.00. The lowest BCUT2D eigenvalue weighted by Gasteiger charge is -2.55. The summed E-state index contributed by atoms with van der Waals surface area (Å²) in [5.74, 6) is 2.01. The number of likely N-dealkylation sites (tertiary alicyclic amines) is 2. The molecule has 1 aromatic carbocycles. The van der Waals surface area contributed by atoms with Gasteiger partial charge in [0.15, 0.2) is 0 Å².